The van der Waals surface area contributed by atoms with Crippen molar-refractivity contribution in [3.8, 4) is 0 Å². The van der Waals surface area contributed by atoms with Crippen molar-refractivity contribution in [1.29, 1.82) is 0 Å². The highest BCUT2D eigenvalue weighted by molar-refractivity contribution is 5.77. The summed E-state index contributed by atoms with van der Waals surface area (Å²) in [4.78, 5) is 49.4. The fraction of sp³-hybridized carbons (Fsp3) is 0.591. The molecule has 9 nitrogen and oxygen atoms in total. The number of likely N-dealkylation sites (tertiary alicyclic amines) is 1. The van der Waals surface area contributed by atoms with E-state index in [9.17, 15) is 14.4 Å². The Kier molecular flexibility index (Phi) is 6.48. The molecule has 0 aromatic carbocycles. The number of aromatic amines is 1. The molecule has 0 radical (unpaired) electrons. The van der Waals surface area contributed by atoms with Crippen molar-refractivity contribution in [3.05, 3.63) is 45.9 Å². The maximum Gasteiger partial charge on any atom is 0.254 e. The van der Waals surface area contributed by atoms with E-state index in [0.29, 0.717) is 62.5 Å². The van der Waals surface area contributed by atoms with Crippen LogP contribution in [0.15, 0.2) is 23.3 Å². The number of piperidine rings is 1. The first kappa shape index (κ1) is 21.3. The number of nitrogens with one attached hydrogen (secondary N) is 1. The second-order valence-electron chi connectivity index (χ2n) is 8.31. The van der Waals surface area contributed by atoms with Gasteiger partial charge in [-0.05, 0) is 38.2 Å². The number of carbonyl (C=O) groups excluding carboxylic acids is 2. The van der Waals surface area contributed by atoms with Crippen LogP contribution in [0.3, 0.4) is 0 Å². The molecular weight excluding hydrogens is 396 g/mol. The van der Waals surface area contributed by atoms with Gasteiger partial charge in [0.1, 0.15) is 5.82 Å². The summed E-state index contributed by atoms with van der Waals surface area (Å²) < 4.78 is 1.75. The first-order chi connectivity index (χ1) is 15.1. The van der Waals surface area contributed by atoms with Crippen molar-refractivity contribution in [2.75, 3.05) is 13.1 Å². The van der Waals surface area contributed by atoms with Crippen molar-refractivity contribution in [2.45, 2.75) is 71.0 Å². The van der Waals surface area contributed by atoms with E-state index in [1.165, 1.54) is 0 Å². The van der Waals surface area contributed by atoms with Crippen LogP contribution in [0.4, 0.5) is 0 Å². The van der Waals surface area contributed by atoms with E-state index in [2.05, 4.69) is 10.1 Å². The average molecular weight is 427 g/mol. The lowest BCUT2D eigenvalue weighted by Gasteiger charge is -2.36. The second kappa shape index (κ2) is 9.45. The molecule has 0 aliphatic carbocycles. The molecule has 4 rings (SSSR count). The van der Waals surface area contributed by atoms with Crippen LogP contribution in [0.25, 0.3) is 0 Å². The number of carbonyl (C=O) groups is 2. The van der Waals surface area contributed by atoms with Crippen LogP contribution in [-0.4, -0.2) is 54.5 Å². The van der Waals surface area contributed by atoms with Crippen LogP contribution in [0.2, 0.25) is 0 Å². The van der Waals surface area contributed by atoms with Gasteiger partial charge in [-0.2, -0.15) is 5.10 Å². The monoisotopic (exact) mass is 426 g/mol. The molecule has 2 aliphatic rings. The van der Waals surface area contributed by atoms with E-state index < -0.39 is 0 Å². The molecule has 1 fully saturated rings. The smallest absolute Gasteiger partial charge is 0.254 e. The van der Waals surface area contributed by atoms with E-state index in [4.69, 9.17) is 4.98 Å². The van der Waals surface area contributed by atoms with Crippen LogP contribution < -0.4 is 5.56 Å². The van der Waals surface area contributed by atoms with Gasteiger partial charge in [0.05, 0.1) is 18.3 Å². The minimum Gasteiger partial charge on any atom is -0.336 e. The molecule has 2 aliphatic heterocycles. The Morgan fingerprint density at radius 3 is 2.84 bits per heavy atom. The van der Waals surface area contributed by atoms with Gasteiger partial charge in [0.2, 0.25) is 11.8 Å². The topological polar surface area (TPSA) is 104 Å². The number of aryl methyl sites for hydroxylation is 1. The molecule has 0 bridgehead atoms. The summed E-state index contributed by atoms with van der Waals surface area (Å²) in [5.74, 6) is 0.686. The van der Waals surface area contributed by atoms with Gasteiger partial charge in [0, 0.05) is 50.4 Å². The molecule has 31 heavy (non-hydrogen) atoms. The second-order valence-corrected chi connectivity index (χ2v) is 8.31. The van der Waals surface area contributed by atoms with Crippen LogP contribution in [0.5, 0.6) is 0 Å². The van der Waals surface area contributed by atoms with Gasteiger partial charge in [-0.1, -0.05) is 6.92 Å². The molecular formula is C22H30N6O3. The van der Waals surface area contributed by atoms with Gasteiger partial charge in [0.25, 0.3) is 5.56 Å². The van der Waals surface area contributed by atoms with E-state index in [1.54, 1.807) is 15.8 Å². The summed E-state index contributed by atoms with van der Waals surface area (Å²) in [5, 5.41) is 4.16. The Morgan fingerprint density at radius 1 is 1.19 bits per heavy atom. The average Bonchev–Trinajstić information content (AvgIpc) is 3.31. The van der Waals surface area contributed by atoms with Crippen LogP contribution in [0.1, 0.15) is 68.6 Å². The maximum absolute atomic E-state index is 13.0. The fourth-order valence-corrected chi connectivity index (χ4v) is 4.50. The molecule has 2 aromatic rings. The SMILES string of the molecule is CCCC(=O)N1CCc2c(nc(C3CCCCN3C(=O)CCn3cccn3)[nH]c2=O)C1. The summed E-state index contributed by atoms with van der Waals surface area (Å²) in [7, 11) is 0. The first-order valence-electron chi connectivity index (χ1n) is 11.2. The van der Waals surface area contributed by atoms with Gasteiger partial charge >= 0.3 is 0 Å². The number of hydrogen-bond donors (Lipinski definition) is 1. The van der Waals surface area contributed by atoms with E-state index in [-0.39, 0.29) is 23.4 Å². The largest absolute Gasteiger partial charge is 0.336 e. The quantitative estimate of drug-likeness (QED) is 0.758. The van der Waals surface area contributed by atoms with Gasteiger partial charge in [0.15, 0.2) is 0 Å². The maximum atomic E-state index is 13.0. The van der Waals surface area contributed by atoms with Crippen LogP contribution in [-0.2, 0) is 29.1 Å². The molecule has 0 saturated carbocycles. The predicted molar refractivity (Wildman–Crippen MR) is 114 cm³/mol. The molecule has 1 N–H and O–H groups in total. The number of nitrogens with zero attached hydrogens (tertiary/aromatic N) is 5. The Balaban J connectivity index is 1.53. The minimum atomic E-state index is -0.237. The first-order valence-corrected chi connectivity index (χ1v) is 11.2. The summed E-state index contributed by atoms with van der Waals surface area (Å²) in [6.45, 7) is 4.09. The van der Waals surface area contributed by atoms with Crippen molar-refractivity contribution in [1.82, 2.24) is 29.5 Å². The number of hydrogen-bond acceptors (Lipinski definition) is 5. The third-order valence-electron chi connectivity index (χ3n) is 6.16. The molecule has 2 aromatic heterocycles. The van der Waals surface area contributed by atoms with Gasteiger partial charge in [-0.3, -0.25) is 19.1 Å². The Bertz CT molecular complexity index is 984. The van der Waals surface area contributed by atoms with E-state index >= 15 is 0 Å². The van der Waals surface area contributed by atoms with Crippen LogP contribution >= 0.6 is 0 Å². The van der Waals surface area contributed by atoms with E-state index in [1.807, 2.05) is 24.1 Å². The normalized spacial score (nSPS) is 18.7. The third-order valence-corrected chi connectivity index (χ3v) is 6.16. The number of H-pyrrole nitrogens is 1. The number of aromatic nitrogens is 4. The van der Waals surface area contributed by atoms with Crippen LogP contribution in [0, 0.1) is 0 Å². The zero-order chi connectivity index (χ0) is 21.8. The Morgan fingerprint density at radius 2 is 2.06 bits per heavy atom. The molecule has 0 spiro atoms. The van der Waals surface area contributed by atoms with Gasteiger partial charge < -0.3 is 14.8 Å². The van der Waals surface area contributed by atoms with Crippen molar-refractivity contribution in [2.24, 2.45) is 0 Å². The Hall–Kier alpha value is -2.97. The summed E-state index contributed by atoms with van der Waals surface area (Å²) in [5.41, 5.74) is 1.19. The standard InChI is InChI=1S/C22H30N6O3/c1-2-6-19(29)26-13-8-16-17(15-26)24-21(25-22(16)31)18-7-3-4-12-28(18)20(30)9-14-27-11-5-10-23-27/h5,10-11,18H,2-4,6-9,12-15H2,1H3,(H,24,25,31). The lowest BCUT2D eigenvalue weighted by molar-refractivity contribution is -0.135. The number of rotatable bonds is 6. The summed E-state index contributed by atoms with van der Waals surface area (Å²) in [6.07, 6.45) is 8.42. The fourth-order valence-electron chi connectivity index (χ4n) is 4.50. The molecule has 1 saturated heterocycles. The van der Waals surface area contributed by atoms with Gasteiger partial charge in [-0.15, -0.1) is 0 Å². The molecule has 4 heterocycles. The lowest BCUT2D eigenvalue weighted by atomic mass is 9.99. The Labute approximate surface area is 181 Å². The molecule has 166 valence electrons. The molecule has 2 amide bonds. The summed E-state index contributed by atoms with van der Waals surface area (Å²) >= 11 is 0. The van der Waals surface area contributed by atoms with E-state index in [0.717, 1.165) is 25.7 Å². The number of fused-ring (bicyclic) bond motifs is 1. The molecule has 1 unspecified atom stereocenters. The molecule has 1 atom stereocenters. The zero-order valence-corrected chi connectivity index (χ0v) is 18.0. The van der Waals surface area contributed by atoms with Crippen molar-refractivity contribution < 1.29 is 9.59 Å². The highest BCUT2D eigenvalue weighted by atomic mass is 16.2. The zero-order valence-electron chi connectivity index (χ0n) is 18.0. The predicted octanol–water partition coefficient (Wildman–Crippen LogP) is 1.80. The van der Waals surface area contributed by atoms with Crippen molar-refractivity contribution >= 4 is 11.8 Å². The third kappa shape index (κ3) is 4.70. The highest BCUT2D eigenvalue weighted by Crippen LogP contribution is 2.30. The number of amides is 2. The highest BCUT2D eigenvalue weighted by Gasteiger charge is 2.31. The lowest BCUT2D eigenvalue weighted by Crippen LogP contribution is -2.42. The molecule has 9 heteroatoms. The van der Waals surface area contributed by atoms with Gasteiger partial charge in [-0.25, -0.2) is 4.98 Å². The summed E-state index contributed by atoms with van der Waals surface area (Å²) in [6, 6.07) is 1.60. The minimum absolute atomic E-state index is 0.0420. The van der Waals surface area contributed by atoms with Crippen molar-refractivity contribution in [3.63, 3.8) is 0 Å².